The summed E-state index contributed by atoms with van der Waals surface area (Å²) in [5, 5.41) is 0.748. The summed E-state index contributed by atoms with van der Waals surface area (Å²) in [5.74, 6) is 0.737. The molecule has 0 saturated carbocycles. The highest BCUT2D eigenvalue weighted by Gasteiger charge is 2.22. The van der Waals surface area contributed by atoms with Crippen LogP contribution in [-0.2, 0) is 0 Å². The standard InChI is InChI=1S/C22H27N3O2S/c1-15(2)27-18-11-9-17(10-12-18)21(26)25(14-13-24(4)5)22-23-20-16(3)7-6-8-19(20)28-22/h6-12,15H,13-14H2,1-5H3/p+1. The zero-order chi connectivity index (χ0) is 20.3. The van der Waals surface area contributed by atoms with E-state index in [0.717, 1.165) is 33.2 Å². The minimum atomic E-state index is -0.0333. The van der Waals surface area contributed by atoms with Gasteiger partial charge in [0.1, 0.15) is 5.75 Å². The third-order valence-corrected chi connectivity index (χ3v) is 5.44. The molecule has 28 heavy (non-hydrogen) atoms. The number of nitrogens with zero attached hydrogens (tertiary/aromatic N) is 2. The molecular weight excluding hydrogens is 370 g/mol. The van der Waals surface area contributed by atoms with Gasteiger partial charge in [0.2, 0.25) is 0 Å². The number of carbonyl (C=O) groups is 1. The van der Waals surface area contributed by atoms with Gasteiger partial charge < -0.3 is 9.64 Å². The van der Waals surface area contributed by atoms with Crippen LogP contribution in [0.1, 0.15) is 29.8 Å². The molecular formula is C22H28N3O2S+. The molecule has 5 nitrogen and oxygen atoms in total. The Balaban J connectivity index is 1.92. The number of para-hydroxylation sites is 1. The van der Waals surface area contributed by atoms with Crippen molar-refractivity contribution in [3.63, 3.8) is 0 Å². The zero-order valence-electron chi connectivity index (χ0n) is 17.2. The summed E-state index contributed by atoms with van der Waals surface area (Å²) in [6.45, 7) is 7.48. The number of benzene rings is 2. The lowest BCUT2D eigenvalue weighted by atomic mass is 10.2. The van der Waals surface area contributed by atoms with E-state index in [4.69, 9.17) is 9.72 Å². The maximum absolute atomic E-state index is 13.3. The quantitative estimate of drug-likeness (QED) is 0.665. The van der Waals surface area contributed by atoms with Crippen LogP contribution in [0.2, 0.25) is 0 Å². The number of anilines is 1. The van der Waals surface area contributed by atoms with E-state index in [1.54, 1.807) is 16.2 Å². The van der Waals surface area contributed by atoms with E-state index >= 15 is 0 Å². The van der Waals surface area contributed by atoms with Crippen LogP contribution in [0.4, 0.5) is 5.13 Å². The van der Waals surface area contributed by atoms with Crippen LogP contribution in [-0.4, -0.2) is 44.2 Å². The van der Waals surface area contributed by atoms with Gasteiger partial charge in [-0.15, -0.1) is 0 Å². The van der Waals surface area contributed by atoms with Gasteiger partial charge in [-0.25, -0.2) is 4.98 Å². The normalized spacial score (nSPS) is 11.4. The number of likely N-dealkylation sites (N-methyl/N-ethyl adjacent to an activating group) is 1. The number of thiazole rings is 1. The molecule has 0 fully saturated rings. The van der Waals surface area contributed by atoms with Crippen molar-refractivity contribution in [2.75, 3.05) is 32.1 Å². The van der Waals surface area contributed by atoms with Crippen LogP contribution in [0.25, 0.3) is 10.2 Å². The van der Waals surface area contributed by atoms with Gasteiger partial charge in [-0.3, -0.25) is 9.69 Å². The Kier molecular flexibility index (Phi) is 6.31. The molecule has 0 aliphatic rings. The second kappa shape index (κ2) is 8.71. The molecule has 1 heterocycles. The molecule has 148 valence electrons. The van der Waals surface area contributed by atoms with Gasteiger partial charge in [0.15, 0.2) is 5.13 Å². The fourth-order valence-electron chi connectivity index (χ4n) is 2.91. The number of aryl methyl sites for hydroxylation is 1. The number of aromatic nitrogens is 1. The van der Waals surface area contributed by atoms with Gasteiger partial charge in [0.25, 0.3) is 5.91 Å². The highest BCUT2D eigenvalue weighted by Crippen LogP contribution is 2.31. The van der Waals surface area contributed by atoms with Crippen LogP contribution in [0.5, 0.6) is 5.75 Å². The second-order valence-electron chi connectivity index (χ2n) is 7.52. The lowest BCUT2D eigenvalue weighted by Gasteiger charge is -2.21. The summed E-state index contributed by atoms with van der Waals surface area (Å²) in [7, 11) is 4.17. The molecule has 0 bridgehead atoms. The molecule has 1 N–H and O–H groups in total. The van der Waals surface area contributed by atoms with Crippen molar-refractivity contribution >= 4 is 32.6 Å². The Labute approximate surface area is 170 Å². The smallest absolute Gasteiger partial charge is 0.260 e. The van der Waals surface area contributed by atoms with E-state index in [0.29, 0.717) is 12.1 Å². The van der Waals surface area contributed by atoms with Gasteiger partial charge in [0.05, 0.1) is 43.5 Å². The van der Waals surface area contributed by atoms with Crippen molar-refractivity contribution in [1.29, 1.82) is 0 Å². The van der Waals surface area contributed by atoms with Crippen molar-refractivity contribution in [2.24, 2.45) is 0 Å². The number of ether oxygens (including phenoxy) is 1. The SMILES string of the molecule is Cc1cccc2sc(N(CC[NH+](C)C)C(=O)c3ccc(OC(C)C)cc3)nc12. The van der Waals surface area contributed by atoms with Crippen molar-refractivity contribution in [3.05, 3.63) is 53.6 Å². The Morgan fingerprint density at radius 2 is 1.89 bits per heavy atom. The average Bonchev–Trinajstić information content (AvgIpc) is 3.07. The largest absolute Gasteiger partial charge is 0.491 e. The molecule has 0 atom stereocenters. The Hall–Kier alpha value is -2.44. The predicted molar refractivity (Wildman–Crippen MR) is 116 cm³/mol. The van der Waals surface area contributed by atoms with Crippen molar-refractivity contribution in [2.45, 2.75) is 26.9 Å². The van der Waals surface area contributed by atoms with Gasteiger partial charge in [-0.1, -0.05) is 23.5 Å². The molecule has 0 aliphatic heterocycles. The highest BCUT2D eigenvalue weighted by atomic mass is 32.1. The molecule has 0 spiro atoms. The maximum atomic E-state index is 13.3. The Morgan fingerprint density at radius 3 is 2.50 bits per heavy atom. The van der Waals surface area contributed by atoms with Crippen molar-refractivity contribution in [3.8, 4) is 5.75 Å². The number of hydrogen-bond donors (Lipinski definition) is 1. The van der Waals surface area contributed by atoms with E-state index in [2.05, 4.69) is 33.2 Å². The van der Waals surface area contributed by atoms with Crippen LogP contribution in [0.15, 0.2) is 42.5 Å². The van der Waals surface area contributed by atoms with Crippen LogP contribution in [0.3, 0.4) is 0 Å². The van der Waals surface area contributed by atoms with E-state index in [1.807, 2.05) is 44.2 Å². The zero-order valence-corrected chi connectivity index (χ0v) is 18.0. The van der Waals surface area contributed by atoms with Gasteiger partial charge in [0, 0.05) is 5.56 Å². The first-order valence-corrected chi connectivity index (χ1v) is 10.4. The minimum absolute atomic E-state index is 0.0333. The molecule has 0 radical (unpaired) electrons. The van der Waals surface area contributed by atoms with E-state index in [9.17, 15) is 4.79 Å². The monoisotopic (exact) mass is 398 g/mol. The number of hydrogen-bond acceptors (Lipinski definition) is 4. The van der Waals surface area contributed by atoms with Gasteiger partial charge in [-0.05, 0) is 56.7 Å². The summed E-state index contributed by atoms with van der Waals surface area (Å²) in [6, 6.07) is 13.5. The number of fused-ring (bicyclic) bond motifs is 1. The molecule has 0 unspecified atom stereocenters. The topological polar surface area (TPSA) is 46.9 Å². The summed E-state index contributed by atoms with van der Waals surface area (Å²) in [5.41, 5.74) is 2.74. The van der Waals surface area contributed by atoms with E-state index < -0.39 is 0 Å². The maximum Gasteiger partial charge on any atom is 0.260 e. The molecule has 3 rings (SSSR count). The molecule has 3 aromatic rings. The minimum Gasteiger partial charge on any atom is -0.491 e. The molecule has 0 saturated heterocycles. The first-order chi connectivity index (χ1) is 13.3. The lowest BCUT2D eigenvalue weighted by Crippen LogP contribution is -3.06. The van der Waals surface area contributed by atoms with Crippen LogP contribution in [0, 0.1) is 6.92 Å². The number of carbonyl (C=O) groups excluding carboxylic acids is 1. The third kappa shape index (κ3) is 4.69. The fourth-order valence-corrected chi connectivity index (χ4v) is 3.98. The first kappa shape index (κ1) is 20.3. The number of nitrogens with one attached hydrogen (secondary N) is 1. The van der Waals surface area contributed by atoms with Crippen molar-refractivity contribution < 1.29 is 14.4 Å². The Bertz CT molecular complexity index is 948. The Morgan fingerprint density at radius 1 is 1.18 bits per heavy atom. The fraction of sp³-hybridized carbons (Fsp3) is 0.364. The van der Waals surface area contributed by atoms with Crippen LogP contribution < -0.4 is 14.5 Å². The number of amides is 1. The van der Waals surface area contributed by atoms with E-state index in [1.165, 1.54) is 4.90 Å². The number of quaternary nitrogens is 1. The van der Waals surface area contributed by atoms with Crippen LogP contribution >= 0.6 is 11.3 Å². The third-order valence-electron chi connectivity index (χ3n) is 4.39. The lowest BCUT2D eigenvalue weighted by molar-refractivity contribution is -0.856. The predicted octanol–water partition coefficient (Wildman–Crippen LogP) is 3.18. The van der Waals surface area contributed by atoms with Gasteiger partial charge in [-0.2, -0.15) is 0 Å². The summed E-state index contributed by atoms with van der Waals surface area (Å²) in [6.07, 6.45) is 0.104. The average molecular weight is 399 g/mol. The molecule has 1 amide bonds. The summed E-state index contributed by atoms with van der Waals surface area (Å²) >= 11 is 1.57. The van der Waals surface area contributed by atoms with E-state index in [-0.39, 0.29) is 12.0 Å². The molecule has 1 aromatic heterocycles. The number of rotatable bonds is 7. The second-order valence-corrected chi connectivity index (χ2v) is 8.53. The first-order valence-electron chi connectivity index (χ1n) is 9.59. The van der Waals surface area contributed by atoms with Gasteiger partial charge >= 0.3 is 0 Å². The molecule has 2 aromatic carbocycles. The summed E-state index contributed by atoms with van der Waals surface area (Å²) in [4.78, 5) is 21.2. The molecule has 0 aliphatic carbocycles. The van der Waals surface area contributed by atoms with Crippen molar-refractivity contribution in [1.82, 2.24) is 4.98 Å². The summed E-state index contributed by atoms with van der Waals surface area (Å²) < 4.78 is 6.79. The molecule has 6 heteroatoms. The highest BCUT2D eigenvalue weighted by molar-refractivity contribution is 7.22.